The van der Waals surface area contributed by atoms with Crippen molar-refractivity contribution in [1.29, 1.82) is 0 Å². The molecule has 4 heterocycles. The van der Waals surface area contributed by atoms with Gasteiger partial charge in [-0.25, -0.2) is 28.4 Å². The Morgan fingerprint density at radius 2 is 1.39 bits per heavy atom. The van der Waals surface area contributed by atoms with Gasteiger partial charge in [0.2, 0.25) is 0 Å². The van der Waals surface area contributed by atoms with Gasteiger partial charge >= 0.3 is 11.4 Å². The number of nitro benzene ring substituents is 1. The lowest BCUT2D eigenvalue weighted by molar-refractivity contribution is -0.384. The van der Waals surface area contributed by atoms with Crippen LogP contribution in [0.15, 0.2) is 40.4 Å². The van der Waals surface area contributed by atoms with Gasteiger partial charge in [-0.2, -0.15) is 9.36 Å². The van der Waals surface area contributed by atoms with Gasteiger partial charge in [-0.1, -0.05) is 16.5 Å². The summed E-state index contributed by atoms with van der Waals surface area (Å²) in [6, 6.07) is 4.62. The highest BCUT2D eigenvalue weighted by molar-refractivity contribution is 5.97. The van der Waals surface area contributed by atoms with E-state index in [0.717, 1.165) is 30.8 Å². The third kappa shape index (κ3) is 4.79. The molecule has 0 radical (unpaired) electrons. The van der Waals surface area contributed by atoms with Crippen molar-refractivity contribution in [3.05, 3.63) is 78.9 Å². The average molecular weight is 564 g/mol. The molecule has 0 saturated carbocycles. The Morgan fingerprint density at radius 3 is 1.83 bits per heavy atom. The average Bonchev–Trinajstić information content (AvgIpc) is 3.57. The maximum atomic E-state index is 12.9. The summed E-state index contributed by atoms with van der Waals surface area (Å²) in [5, 5.41) is 27.3. The van der Waals surface area contributed by atoms with E-state index in [1.165, 1.54) is 6.07 Å². The Morgan fingerprint density at radius 1 is 0.902 bits per heavy atom. The molecule has 0 unspecified atom stereocenters. The predicted octanol–water partition coefficient (Wildman–Crippen LogP) is -2.49. The number of benzene rings is 1. The number of carbonyl (C=O) groups is 2. The molecule has 1 aromatic carbocycles. The van der Waals surface area contributed by atoms with Gasteiger partial charge in [0.1, 0.15) is 18.3 Å². The topological polar surface area (TPSA) is 263 Å². The smallest absolute Gasteiger partial charge is 0.353 e. The van der Waals surface area contributed by atoms with E-state index in [1.807, 2.05) is 0 Å². The van der Waals surface area contributed by atoms with Crippen molar-refractivity contribution in [2.75, 3.05) is 18.0 Å². The number of aromatic nitrogens is 10. The summed E-state index contributed by atoms with van der Waals surface area (Å²) in [5.41, 5.74) is 9.14. The van der Waals surface area contributed by atoms with Crippen LogP contribution in [0.3, 0.4) is 0 Å². The van der Waals surface area contributed by atoms with E-state index in [0.29, 0.717) is 5.56 Å². The summed E-state index contributed by atoms with van der Waals surface area (Å²) in [5.74, 6) is -1.76. The second kappa shape index (κ2) is 10.2. The lowest BCUT2D eigenvalue weighted by Crippen LogP contribution is -2.39. The van der Waals surface area contributed by atoms with Crippen LogP contribution >= 0.6 is 0 Å². The van der Waals surface area contributed by atoms with E-state index < -0.39 is 28.1 Å². The van der Waals surface area contributed by atoms with Crippen LogP contribution in [0.25, 0.3) is 11.3 Å². The van der Waals surface area contributed by atoms with Gasteiger partial charge in [-0.3, -0.25) is 19.7 Å². The van der Waals surface area contributed by atoms with Gasteiger partial charge in [0.15, 0.2) is 22.7 Å². The third-order valence-electron chi connectivity index (χ3n) is 6.13. The molecule has 0 aliphatic heterocycles. The second-order valence-corrected chi connectivity index (χ2v) is 8.73. The number of hydrogen-bond acceptors (Lipinski definition) is 13. The molecule has 0 aliphatic carbocycles. The van der Waals surface area contributed by atoms with Gasteiger partial charge < -0.3 is 16.4 Å². The Balaban J connectivity index is 1.47. The van der Waals surface area contributed by atoms with Crippen LogP contribution in [0.4, 0.5) is 11.4 Å². The van der Waals surface area contributed by atoms with E-state index >= 15 is 0 Å². The summed E-state index contributed by atoms with van der Waals surface area (Å²) in [6.07, 6.45) is 2.18. The van der Waals surface area contributed by atoms with Gasteiger partial charge in [-0.15, -0.1) is 10.2 Å². The fraction of sp³-hybridized carbons (Fsp3) is 0.238. The highest BCUT2D eigenvalue weighted by Crippen LogP contribution is 2.29. The number of imidazole rings is 2. The Hall–Kier alpha value is -6.08. The largest absolute Gasteiger partial charge is 0.364 e. The maximum Gasteiger partial charge on any atom is 0.353 e. The quantitative estimate of drug-likeness (QED) is 0.131. The van der Waals surface area contributed by atoms with Crippen LogP contribution in [0.1, 0.15) is 26.5 Å². The van der Waals surface area contributed by atoms with Crippen molar-refractivity contribution < 1.29 is 14.5 Å². The van der Waals surface area contributed by atoms with E-state index in [1.54, 1.807) is 24.0 Å². The number of nitrogens with two attached hydrogens (primary N) is 2. The maximum absolute atomic E-state index is 12.9. The molecule has 41 heavy (non-hydrogen) atoms. The van der Waals surface area contributed by atoms with Crippen molar-refractivity contribution in [2.45, 2.75) is 20.0 Å². The molecule has 0 spiro atoms. The third-order valence-corrected chi connectivity index (χ3v) is 6.13. The standard InChI is InChI=1S/C21H20N14O6/c1-11-2-3-12(13(8-11)35(40)41)30(4-6-33-20(38)31-9-24-14(16(22)36)18(31)26-28-33)5-7-34-21(39)32-10-25-15(17(23)37)19(32)27-29-34/h2-3,8-10H,4-7H2,1H3,(H2,22,36)(H2,23,37). The first-order valence-corrected chi connectivity index (χ1v) is 11.8. The van der Waals surface area contributed by atoms with E-state index in [4.69, 9.17) is 11.5 Å². The first kappa shape index (κ1) is 26.5. The summed E-state index contributed by atoms with van der Waals surface area (Å²) < 4.78 is 3.98. The number of hydrogen-bond donors (Lipinski definition) is 2. The molecule has 0 fully saturated rings. The molecule has 2 amide bonds. The number of primary amides is 2. The van der Waals surface area contributed by atoms with Crippen LogP contribution in [-0.4, -0.2) is 78.6 Å². The van der Waals surface area contributed by atoms with Crippen LogP contribution in [-0.2, 0) is 13.1 Å². The highest BCUT2D eigenvalue weighted by atomic mass is 16.6. The number of rotatable bonds is 10. The number of anilines is 1. The number of nitro groups is 1. The highest BCUT2D eigenvalue weighted by Gasteiger charge is 2.22. The predicted molar refractivity (Wildman–Crippen MR) is 137 cm³/mol. The van der Waals surface area contributed by atoms with Gasteiger partial charge in [0.25, 0.3) is 17.5 Å². The summed E-state index contributed by atoms with van der Waals surface area (Å²) in [7, 11) is 0. The molecule has 0 saturated heterocycles. The summed E-state index contributed by atoms with van der Waals surface area (Å²) in [4.78, 5) is 69.4. The van der Waals surface area contributed by atoms with Crippen molar-refractivity contribution in [1.82, 2.24) is 48.8 Å². The first-order valence-electron chi connectivity index (χ1n) is 11.8. The SMILES string of the molecule is Cc1ccc(N(CCn2nnc3c(C(N)=O)ncn3c2=O)CCn2nnc3c(C(N)=O)ncn3c2=O)c([N+](=O)[O-])c1. The fourth-order valence-corrected chi connectivity index (χ4v) is 4.13. The number of carbonyl (C=O) groups excluding carboxylic acids is 2. The number of amides is 2. The first-order chi connectivity index (χ1) is 19.6. The Labute approximate surface area is 226 Å². The fourth-order valence-electron chi connectivity index (χ4n) is 4.13. The van der Waals surface area contributed by atoms with Crippen molar-refractivity contribution in [3.8, 4) is 0 Å². The lowest BCUT2D eigenvalue weighted by Gasteiger charge is -2.24. The molecule has 5 aromatic rings. The zero-order valence-electron chi connectivity index (χ0n) is 21.2. The molecule has 0 bridgehead atoms. The molecule has 5 rings (SSSR count). The zero-order chi connectivity index (χ0) is 29.4. The Bertz CT molecular complexity index is 1860. The minimum atomic E-state index is -0.880. The molecular formula is C21H20N14O6. The minimum absolute atomic E-state index is 0.00267. The number of fused-ring (bicyclic) bond motifs is 2. The molecule has 20 heteroatoms. The molecule has 20 nitrogen and oxygen atoms in total. The van der Waals surface area contributed by atoms with Crippen LogP contribution in [0, 0.1) is 17.0 Å². The normalized spacial score (nSPS) is 11.2. The second-order valence-electron chi connectivity index (χ2n) is 8.73. The van der Waals surface area contributed by atoms with E-state index in [-0.39, 0.29) is 60.2 Å². The lowest BCUT2D eigenvalue weighted by atomic mass is 10.1. The monoisotopic (exact) mass is 564 g/mol. The summed E-state index contributed by atoms with van der Waals surface area (Å²) in [6.45, 7) is 1.51. The van der Waals surface area contributed by atoms with Crippen molar-refractivity contribution in [3.63, 3.8) is 0 Å². The van der Waals surface area contributed by atoms with Crippen molar-refractivity contribution in [2.24, 2.45) is 11.5 Å². The van der Waals surface area contributed by atoms with E-state index in [2.05, 4.69) is 30.6 Å². The molecule has 4 N–H and O–H groups in total. The molecule has 4 aromatic heterocycles. The minimum Gasteiger partial charge on any atom is -0.364 e. The zero-order valence-corrected chi connectivity index (χ0v) is 21.2. The van der Waals surface area contributed by atoms with Gasteiger partial charge in [-0.05, 0) is 18.6 Å². The summed E-state index contributed by atoms with van der Waals surface area (Å²) >= 11 is 0. The van der Waals surface area contributed by atoms with Gasteiger partial charge in [0, 0.05) is 19.2 Å². The molecule has 0 aliphatic rings. The van der Waals surface area contributed by atoms with E-state index in [9.17, 15) is 29.3 Å². The van der Waals surface area contributed by atoms with Crippen LogP contribution < -0.4 is 27.7 Å². The number of nitrogens with zero attached hydrogens (tertiary/aromatic N) is 12. The van der Waals surface area contributed by atoms with Crippen molar-refractivity contribution >= 4 is 34.5 Å². The molecule has 0 atom stereocenters. The van der Waals surface area contributed by atoms with Crippen LogP contribution in [0.5, 0.6) is 0 Å². The van der Waals surface area contributed by atoms with Crippen LogP contribution in [0.2, 0.25) is 0 Å². The molecular weight excluding hydrogens is 544 g/mol. The Kier molecular flexibility index (Phi) is 6.62. The molecule has 210 valence electrons. The number of aryl methyl sites for hydroxylation is 1. The van der Waals surface area contributed by atoms with Gasteiger partial charge in [0.05, 0.1) is 18.0 Å².